The Labute approximate surface area is 121 Å². The second-order valence-electron chi connectivity index (χ2n) is 6.92. The number of ether oxygens (including phenoxy) is 1. The molecule has 1 saturated carbocycles. The van der Waals surface area contributed by atoms with Crippen LogP contribution in [0.15, 0.2) is 0 Å². The van der Waals surface area contributed by atoms with E-state index in [9.17, 15) is 10.1 Å². The Hall–Kier alpha value is -1.28. The van der Waals surface area contributed by atoms with E-state index in [0.717, 1.165) is 19.4 Å². The van der Waals surface area contributed by atoms with Gasteiger partial charge in [0.05, 0.1) is 6.07 Å². The van der Waals surface area contributed by atoms with Crippen LogP contribution in [0.3, 0.4) is 0 Å². The molecule has 1 aliphatic carbocycles. The third kappa shape index (κ3) is 3.63. The largest absolute Gasteiger partial charge is 0.444 e. The molecule has 0 aromatic heterocycles. The van der Waals surface area contributed by atoms with Crippen molar-refractivity contribution in [2.75, 3.05) is 19.6 Å². The molecule has 0 N–H and O–H groups in total. The summed E-state index contributed by atoms with van der Waals surface area (Å²) in [7, 11) is 0. The SMILES string of the molecule is C[C@H]1CN(C(=O)OC(C)(C)C)CCN1C(C#N)C1CC1. The molecule has 1 heterocycles. The molecule has 1 aliphatic heterocycles. The van der Waals surface area contributed by atoms with E-state index in [-0.39, 0.29) is 18.2 Å². The average molecular weight is 279 g/mol. The van der Waals surface area contributed by atoms with Gasteiger partial charge in [-0.3, -0.25) is 4.90 Å². The van der Waals surface area contributed by atoms with Crippen LogP contribution in [0.2, 0.25) is 0 Å². The fraction of sp³-hybridized carbons (Fsp3) is 0.867. The molecule has 112 valence electrons. The lowest BCUT2D eigenvalue weighted by Crippen LogP contribution is -2.57. The van der Waals surface area contributed by atoms with Crippen LogP contribution in [0, 0.1) is 17.2 Å². The first-order chi connectivity index (χ1) is 9.31. The van der Waals surface area contributed by atoms with Crippen LogP contribution in [-0.2, 0) is 4.74 Å². The lowest BCUT2D eigenvalue weighted by Gasteiger charge is -2.42. The Balaban J connectivity index is 1.92. The topological polar surface area (TPSA) is 56.6 Å². The molecule has 0 bridgehead atoms. The van der Waals surface area contributed by atoms with Crippen LogP contribution in [0.5, 0.6) is 0 Å². The summed E-state index contributed by atoms with van der Waals surface area (Å²) in [6.45, 7) is 9.76. The van der Waals surface area contributed by atoms with Crippen molar-refractivity contribution < 1.29 is 9.53 Å². The number of carbonyl (C=O) groups is 1. The van der Waals surface area contributed by atoms with Gasteiger partial charge in [-0.05, 0) is 46.5 Å². The van der Waals surface area contributed by atoms with Crippen LogP contribution < -0.4 is 0 Å². The van der Waals surface area contributed by atoms with E-state index in [1.165, 1.54) is 0 Å². The fourth-order valence-electron chi connectivity index (χ4n) is 2.74. The Morgan fingerprint density at radius 3 is 2.45 bits per heavy atom. The summed E-state index contributed by atoms with van der Waals surface area (Å²) in [5, 5.41) is 9.34. The number of amides is 1. The molecule has 2 aliphatic rings. The molecule has 2 rings (SSSR count). The first kappa shape index (κ1) is 15.1. The molecular weight excluding hydrogens is 254 g/mol. The van der Waals surface area contributed by atoms with Gasteiger partial charge < -0.3 is 9.64 Å². The zero-order chi connectivity index (χ0) is 14.9. The summed E-state index contributed by atoms with van der Waals surface area (Å²) >= 11 is 0. The molecule has 5 nitrogen and oxygen atoms in total. The third-order valence-electron chi connectivity index (χ3n) is 3.89. The van der Waals surface area contributed by atoms with E-state index >= 15 is 0 Å². The lowest BCUT2D eigenvalue weighted by atomic mass is 10.1. The van der Waals surface area contributed by atoms with Gasteiger partial charge >= 0.3 is 6.09 Å². The molecule has 2 fully saturated rings. The normalized spacial score (nSPS) is 25.9. The van der Waals surface area contributed by atoms with Crippen molar-refractivity contribution in [3.05, 3.63) is 0 Å². The number of hydrogen-bond donors (Lipinski definition) is 0. The molecule has 1 amide bonds. The van der Waals surface area contributed by atoms with E-state index in [4.69, 9.17) is 4.74 Å². The molecule has 0 radical (unpaired) electrons. The summed E-state index contributed by atoms with van der Waals surface area (Å²) in [4.78, 5) is 16.1. The summed E-state index contributed by atoms with van der Waals surface area (Å²) in [6, 6.07) is 2.67. The number of rotatable bonds is 2. The van der Waals surface area contributed by atoms with Gasteiger partial charge in [0.15, 0.2) is 0 Å². The summed E-state index contributed by atoms with van der Waals surface area (Å²) in [6.07, 6.45) is 2.08. The molecule has 0 spiro atoms. The summed E-state index contributed by atoms with van der Waals surface area (Å²) < 4.78 is 5.41. The van der Waals surface area contributed by atoms with Crippen LogP contribution in [0.25, 0.3) is 0 Å². The minimum Gasteiger partial charge on any atom is -0.444 e. The van der Waals surface area contributed by atoms with E-state index in [1.807, 2.05) is 20.8 Å². The molecule has 1 saturated heterocycles. The standard InChI is InChI=1S/C15H25N3O2/c1-11-10-17(14(19)20-15(2,3)4)7-8-18(11)13(9-16)12-5-6-12/h11-13H,5-8,10H2,1-4H3/t11-,13?/m0/s1. The molecule has 20 heavy (non-hydrogen) atoms. The predicted octanol–water partition coefficient (Wildman–Crippen LogP) is 2.23. The highest BCUT2D eigenvalue weighted by Crippen LogP contribution is 2.36. The highest BCUT2D eigenvalue weighted by Gasteiger charge is 2.40. The van der Waals surface area contributed by atoms with Gasteiger partial charge in [0.2, 0.25) is 0 Å². The van der Waals surface area contributed by atoms with Crippen molar-refractivity contribution in [2.45, 2.75) is 58.2 Å². The van der Waals surface area contributed by atoms with Gasteiger partial charge in [0.25, 0.3) is 0 Å². The van der Waals surface area contributed by atoms with Crippen molar-refractivity contribution in [1.29, 1.82) is 5.26 Å². The lowest BCUT2D eigenvalue weighted by molar-refractivity contribution is 0.000763. The molecule has 1 unspecified atom stereocenters. The molecule has 0 aromatic rings. The Bertz CT molecular complexity index is 406. The van der Waals surface area contributed by atoms with Gasteiger partial charge in [-0.1, -0.05) is 0 Å². The smallest absolute Gasteiger partial charge is 0.410 e. The third-order valence-corrected chi connectivity index (χ3v) is 3.89. The average Bonchev–Trinajstić information content (AvgIpc) is 3.14. The number of carbonyl (C=O) groups excluding carboxylic acids is 1. The maximum atomic E-state index is 12.1. The van der Waals surface area contributed by atoms with Crippen LogP contribution in [0.4, 0.5) is 4.79 Å². The zero-order valence-electron chi connectivity index (χ0n) is 12.9. The number of nitriles is 1. The van der Waals surface area contributed by atoms with Crippen molar-refractivity contribution in [3.8, 4) is 6.07 Å². The van der Waals surface area contributed by atoms with Crippen molar-refractivity contribution in [3.63, 3.8) is 0 Å². The van der Waals surface area contributed by atoms with Gasteiger partial charge in [-0.15, -0.1) is 0 Å². The van der Waals surface area contributed by atoms with Gasteiger partial charge in [0.1, 0.15) is 11.6 Å². The van der Waals surface area contributed by atoms with Crippen molar-refractivity contribution in [2.24, 2.45) is 5.92 Å². The predicted molar refractivity (Wildman–Crippen MR) is 76.1 cm³/mol. The Morgan fingerprint density at radius 1 is 1.35 bits per heavy atom. The first-order valence-electron chi connectivity index (χ1n) is 7.45. The van der Waals surface area contributed by atoms with E-state index < -0.39 is 5.60 Å². The maximum absolute atomic E-state index is 12.1. The second-order valence-corrected chi connectivity index (χ2v) is 6.92. The van der Waals surface area contributed by atoms with Gasteiger partial charge in [0, 0.05) is 25.7 Å². The van der Waals surface area contributed by atoms with Gasteiger partial charge in [-0.2, -0.15) is 5.26 Å². The molecule has 5 heteroatoms. The van der Waals surface area contributed by atoms with E-state index in [0.29, 0.717) is 19.0 Å². The fourth-order valence-corrected chi connectivity index (χ4v) is 2.74. The first-order valence-corrected chi connectivity index (χ1v) is 7.45. The highest BCUT2D eigenvalue weighted by atomic mass is 16.6. The number of piperazine rings is 1. The molecule has 0 aromatic carbocycles. The Kier molecular flexibility index (Phi) is 4.24. The maximum Gasteiger partial charge on any atom is 0.410 e. The molecule has 2 atom stereocenters. The van der Waals surface area contributed by atoms with Crippen molar-refractivity contribution >= 4 is 6.09 Å². The summed E-state index contributed by atoms with van der Waals surface area (Å²) in [5.41, 5.74) is -0.458. The van der Waals surface area contributed by atoms with E-state index in [1.54, 1.807) is 4.90 Å². The van der Waals surface area contributed by atoms with Crippen LogP contribution >= 0.6 is 0 Å². The minimum absolute atomic E-state index is 0.0192. The quantitative estimate of drug-likeness (QED) is 0.778. The van der Waals surface area contributed by atoms with E-state index in [2.05, 4.69) is 17.9 Å². The monoisotopic (exact) mass is 279 g/mol. The summed E-state index contributed by atoms with van der Waals surface area (Å²) in [5.74, 6) is 0.538. The number of nitrogens with zero attached hydrogens (tertiary/aromatic N) is 3. The zero-order valence-corrected chi connectivity index (χ0v) is 12.9. The van der Waals surface area contributed by atoms with Crippen LogP contribution in [-0.4, -0.2) is 53.2 Å². The minimum atomic E-state index is -0.458. The number of hydrogen-bond acceptors (Lipinski definition) is 4. The highest BCUT2D eigenvalue weighted by molar-refractivity contribution is 5.68. The second kappa shape index (κ2) is 5.61. The Morgan fingerprint density at radius 2 is 2.00 bits per heavy atom. The van der Waals surface area contributed by atoms with Gasteiger partial charge in [-0.25, -0.2) is 4.79 Å². The van der Waals surface area contributed by atoms with Crippen LogP contribution in [0.1, 0.15) is 40.5 Å². The van der Waals surface area contributed by atoms with Crippen molar-refractivity contribution in [1.82, 2.24) is 9.80 Å². The molecular formula is C15H25N3O2.